The van der Waals surface area contributed by atoms with Crippen LogP contribution in [0.2, 0.25) is 5.02 Å². The van der Waals surface area contributed by atoms with Gasteiger partial charge >= 0.3 is 0 Å². The first-order valence-corrected chi connectivity index (χ1v) is 15.1. The lowest BCUT2D eigenvalue weighted by Gasteiger charge is -2.41. The Morgan fingerprint density at radius 3 is 2.48 bits per heavy atom. The van der Waals surface area contributed by atoms with Crippen LogP contribution >= 0.6 is 11.6 Å². The van der Waals surface area contributed by atoms with Gasteiger partial charge in [0.2, 0.25) is 5.88 Å². The molecule has 0 spiro atoms. The van der Waals surface area contributed by atoms with E-state index in [0.29, 0.717) is 29.3 Å². The Labute approximate surface area is 235 Å². The molecule has 12 heteroatoms. The smallest absolute Gasteiger partial charge is 0.263 e. The molecule has 0 bridgehead atoms. The lowest BCUT2D eigenvalue weighted by molar-refractivity contribution is 0.0482. The minimum atomic E-state index is -4.34. The topological polar surface area (TPSA) is 100 Å². The summed E-state index contributed by atoms with van der Waals surface area (Å²) in [6.07, 6.45) is 5.85. The molecule has 0 amide bonds. The van der Waals surface area contributed by atoms with E-state index in [4.69, 9.17) is 21.3 Å². The highest BCUT2D eigenvalue weighted by Gasteiger charge is 2.30. The van der Waals surface area contributed by atoms with Crippen LogP contribution in [0.1, 0.15) is 37.8 Å². The summed E-state index contributed by atoms with van der Waals surface area (Å²) >= 11 is 5.79. The second kappa shape index (κ2) is 10.6. The zero-order chi connectivity index (χ0) is 28.0. The highest BCUT2D eigenvalue weighted by molar-refractivity contribution is 7.92. The Bertz CT molecular complexity index is 1670. The second-order valence-corrected chi connectivity index (χ2v) is 12.4. The maximum absolute atomic E-state index is 13.8. The minimum absolute atomic E-state index is 0.0628. The van der Waals surface area contributed by atoms with Gasteiger partial charge in [0.1, 0.15) is 22.6 Å². The number of H-pyrrole nitrogens is 1. The largest absolute Gasteiger partial charge is 0.474 e. The quantitative estimate of drug-likeness (QED) is 0.255. The van der Waals surface area contributed by atoms with Crippen molar-refractivity contribution >= 4 is 38.2 Å². The zero-order valence-corrected chi connectivity index (χ0v) is 23.3. The predicted octanol–water partition coefficient (Wildman–Crippen LogP) is 6.06. The van der Waals surface area contributed by atoms with Gasteiger partial charge in [0.25, 0.3) is 10.0 Å². The number of halogens is 3. The highest BCUT2D eigenvalue weighted by atomic mass is 35.5. The van der Waals surface area contributed by atoms with Crippen LogP contribution in [0.25, 0.3) is 22.2 Å². The first-order chi connectivity index (χ1) is 19.2. The van der Waals surface area contributed by atoms with Crippen molar-refractivity contribution in [1.29, 1.82) is 0 Å². The Hall–Kier alpha value is -3.28. The number of fused-ring (bicyclic) bond motifs is 1. The van der Waals surface area contributed by atoms with Gasteiger partial charge in [-0.25, -0.2) is 22.2 Å². The number of aryl methyl sites for hydroxylation is 1. The van der Waals surface area contributed by atoms with Crippen LogP contribution in [-0.4, -0.2) is 53.7 Å². The lowest BCUT2D eigenvalue weighted by Crippen LogP contribution is -2.46. The fraction of sp³-hybridized carbons (Fsp3) is 0.357. The van der Waals surface area contributed by atoms with E-state index in [9.17, 15) is 17.2 Å². The molecular weight excluding hydrogens is 560 g/mol. The summed E-state index contributed by atoms with van der Waals surface area (Å²) in [5.41, 5.74) is 3.11. The van der Waals surface area contributed by atoms with Gasteiger partial charge < -0.3 is 9.64 Å². The van der Waals surface area contributed by atoms with E-state index in [0.717, 1.165) is 48.6 Å². The average molecular weight is 588 g/mol. The molecule has 0 unspecified atom stereocenters. The van der Waals surface area contributed by atoms with Gasteiger partial charge in [-0.15, -0.1) is 0 Å². The van der Waals surface area contributed by atoms with Crippen molar-refractivity contribution < 1.29 is 21.9 Å². The Balaban J connectivity index is 1.22. The lowest BCUT2D eigenvalue weighted by atomic mass is 9.90. The van der Waals surface area contributed by atoms with E-state index >= 15 is 0 Å². The summed E-state index contributed by atoms with van der Waals surface area (Å²) in [7, 11) is -4.34. The molecule has 1 saturated carbocycles. The van der Waals surface area contributed by atoms with Crippen molar-refractivity contribution in [1.82, 2.24) is 20.1 Å². The van der Waals surface area contributed by atoms with E-state index in [-0.39, 0.29) is 11.8 Å². The zero-order valence-electron chi connectivity index (χ0n) is 21.8. The van der Waals surface area contributed by atoms with Gasteiger partial charge in [0.05, 0.1) is 21.6 Å². The van der Waals surface area contributed by atoms with Crippen LogP contribution in [0.15, 0.2) is 47.4 Å². The summed E-state index contributed by atoms with van der Waals surface area (Å²) in [6, 6.07) is 10.2. The third-order valence-electron chi connectivity index (χ3n) is 7.71. The SMILES string of the molecule is Cc1[nH]nc2cc(-c3ccc(NS(=O)(=O)c4cc(F)cc(F)c4Cl)cc3)nc(OC3CCN(C4CCC4)CC3)c12. The molecule has 6 rings (SSSR count). The van der Waals surface area contributed by atoms with E-state index in [2.05, 4.69) is 19.8 Å². The number of hydrogen-bond donors (Lipinski definition) is 2. The standard InChI is InChI=1S/C28H28ClF2N5O3S/c1-16-26-24(34-33-16)15-23(32-28(26)39-21-9-11-36(12-10-21)20-3-2-4-20)17-5-7-19(8-6-17)35-40(37,38)25-14-18(30)13-22(31)27(25)29/h5-8,13-15,20-21,35H,2-4,9-12H2,1H3,(H,33,34). The van der Waals surface area contributed by atoms with Gasteiger partial charge in [0, 0.05) is 42.1 Å². The number of likely N-dealkylation sites (tertiary alicyclic amines) is 1. The third kappa shape index (κ3) is 5.25. The summed E-state index contributed by atoms with van der Waals surface area (Å²) in [4.78, 5) is 6.71. The fourth-order valence-corrected chi connectivity index (χ4v) is 6.87. The molecule has 210 valence electrons. The maximum Gasteiger partial charge on any atom is 0.263 e. The van der Waals surface area contributed by atoms with Crippen molar-refractivity contribution in [2.75, 3.05) is 17.8 Å². The molecule has 1 aliphatic carbocycles. The molecule has 0 atom stereocenters. The molecule has 2 fully saturated rings. The van der Waals surface area contributed by atoms with Crippen molar-refractivity contribution in [3.8, 4) is 17.1 Å². The molecule has 1 aliphatic heterocycles. The second-order valence-electron chi connectivity index (χ2n) is 10.4. The van der Waals surface area contributed by atoms with E-state index < -0.39 is 31.6 Å². The normalized spacial score (nSPS) is 17.2. The third-order valence-corrected chi connectivity index (χ3v) is 9.61. The van der Waals surface area contributed by atoms with Gasteiger partial charge in [-0.05, 0) is 56.9 Å². The number of nitrogens with zero attached hydrogens (tertiary/aromatic N) is 3. The van der Waals surface area contributed by atoms with Crippen molar-refractivity contribution in [2.45, 2.75) is 56.1 Å². The number of ether oxygens (including phenoxy) is 1. The van der Waals surface area contributed by atoms with E-state index in [1.165, 1.54) is 31.4 Å². The number of aromatic amines is 1. The highest BCUT2D eigenvalue weighted by Crippen LogP contribution is 2.34. The van der Waals surface area contributed by atoms with Gasteiger partial charge in [-0.3, -0.25) is 9.82 Å². The predicted molar refractivity (Wildman–Crippen MR) is 149 cm³/mol. The molecule has 1 saturated heterocycles. The summed E-state index contributed by atoms with van der Waals surface area (Å²) in [5.74, 6) is -1.68. The molecule has 2 aromatic heterocycles. The van der Waals surface area contributed by atoms with Crippen LogP contribution in [0, 0.1) is 18.6 Å². The molecule has 0 radical (unpaired) electrons. The Kier molecular flexibility index (Phi) is 7.14. The molecule has 8 nitrogen and oxygen atoms in total. The number of benzene rings is 2. The average Bonchev–Trinajstić information content (AvgIpc) is 3.27. The summed E-state index contributed by atoms with van der Waals surface area (Å²) in [6.45, 7) is 3.97. The Morgan fingerprint density at radius 1 is 1.07 bits per heavy atom. The van der Waals surface area contributed by atoms with E-state index in [1.54, 1.807) is 12.1 Å². The van der Waals surface area contributed by atoms with Crippen LogP contribution in [0.5, 0.6) is 5.88 Å². The number of piperidine rings is 1. The number of pyridine rings is 1. The first kappa shape index (κ1) is 26.9. The number of rotatable bonds is 7. The molecule has 4 aromatic rings. The fourth-order valence-electron chi connectivity index (χ4n) is 5.30. The molecule has 2 aliphatic rings. The number of anilines is 1. The number of nitrogens with one attached hydrogen (secondary N) is 2. The summed E-state index contributed by atoms with van der Waals surface area (Å²) < 4.78 is 61.8. The molecule has 3 heterocycles. The van der Waals surface area contributed by atoms with Crippen LogP contribution in [0.4, 0.5) is 14.5 Å². The number of aromatic nitrogens is 3. The number of sulfonamides is 1. The van der Waals surface area contributed by atoms with E-state index in [1.807, 2.05) is 13.0 Å². The van der Waals surface area contributed by atoms with Crippen LogP contribution in [0.3, 0.4) is 0 Å². The maximum atomic E-state index is 13.8. The summed E-state index contributed by atoms with van der Waals surface area (Å²) in [5, 5.41) is 7.59. The van der Waals surface area contributed by atoms with Gasteiger partial charge in [-0.1, -0.05) is 30.2 Å². The van der Waals surface area contributed by atoms with Crippen molar-refractivity contribution in [3.63, 3.8) is 0 Å². The molecule has 2 aromatic carbocycles. The molecular formula is C28H28ClF2N5O3S. The molecule has 40 heavy (non-hydrogen) atoms. The van der Waals surface area contributed by atoms with Crippen LogP contribution < -0.4 is 9.46 Å². The van der Waals surface area contributed by atoms with Gasteiger partial charge in [0.15, 0.2) is 0 Å². The number of hydrogen-bond acceptors (Lipinski definition) is 6. The molecule has 2 N–H and O–H groups in total. The Morgan fingerprint density at radius 2 is 1.80 bits per heavy atom. The van der Waals surface area contributed by atoms with Gasteiger partial charge in [-0.2, -0.15) is 5.10 Å². The first-order valence-electron chi connectivity index (χ1n) is 13.2. The minimum Gasteiger partial charge on any atom is -0.474 e. The van der Waals surface area contributed by atoms with Crippen molar-refractivity contribution in [2.24, 2.45) is 0 Å². The monoisotopic (exact) mass is 587 g/mol. The van der Waals surface area contributed by atoms with Crippen molar-refractivity contribution in [3.05, 3.63) is 64.8 Å². The van der Waals surface area contributed by atoms with Crippen LogP contribution in [-0.2, 0) is 10.0 Å².